The van der Waals surface area contributed by atoms with Crippen LogP contribution in [0.2, 0.25) is 0 Å². The molecule has 0 bridgehead atoms. The molecule has 4 nitrogen and oxygen atoms in total. The molecule has 7 heteroatoms. The van der Waals surface area contributed by atoms with Crippen LogP contribution in [0.5, 0.6) is 0 Å². The maximum atomic E-state index is 10.5. The molecule has 1 aliphatic rings. The van der Waals surface area contributed by atoms with Gasteiger partial charge in [0.15, 0.2) is 0 Å². The van der Waals surface area contributed by atoms with Gasteiger partial charge in [-0.15, -0.1) is 11.8 Å². The number of phosphoric acid groups is 1. The summed E-state index contributed by atoms with van der Waals surface area (Å²) in [6.45, 7) is 2.06. The fraction of sp³-hybridized carbons (Fsp3) is 0.667. The summed E-state index contributed by atoms with van der Waals surface area (Å²) in [6.07, 6.45) is 0. The Labute approximate surface area is 85.4 Å². The van der Waals surface area contributed by atoms with Gasteiger partial charge in [0.25, 0.3) is 0 Å². The zero-order valence-electron chi connectivity index (χ0n) is 7.04. The van der Waals surface area contributed by atoms with E-state index in [2.05, 4.69) is 11.4 Å². The van der Waals surface area contributed by atoms with Gasteiger partial charge < -0.3 is 4.52 Å². The fourth-order valence-corrected chi connectivity index (χ4v) is 3.39. The number of thioether (sulfide) groups is 2. The Kier molecular flexibility index (Phi) is 4.19. The van der Waals surface area contributed by atoms with Crippen molar-refractivity contribution in [1.82, 2.24) is 0 Å². The molecule has 0 aromatic rings. The van der Waals surface area contributed by atoms with E-state index < -0.39 is 7.82 Å². The quantitative estimate of drug-likeness (QED) is 0.720. The minimum Gasteiger partial charge on any atom is -0.407 e. The summed E-state index contributed by atoms with van der Waals surface area (Å²) in [6, 6.07) is 0. The standard InChI is InChI=1S/C6H11O4PS2/c1-5-2-12-3-6(4-13-5)10-11(7,8)9/h4-5H,2-3H2,1H3,(H2,7,8,9). The molecule has 2 N–H and O–H groups in total. The SMILES string of the molecule is CC1CSCC(OP(=O)(O)O)=CS1. The predicted octanol–water partition coefficient (Wildman–Crippen LogP) is 1.81. The molecule has 0 spiro atoms. The van der Waals surface area contributed by atoms with Gasteiger partial charge >= 0.3 is 7.82 Å². The van der Waals surface area contributed by atoms with Crippen molar-refractivity contribution < 1.29 is 18.9 Å². The molecule has 1 unspecified atom stereocenters. The Bertz CT molecular complexity index is 249. The van der Waals surface area contributed by atoms with Crippen LogP contribution < -0.4 is 0 Å². The Morgan fingerprint density at radius 2 is 2.38 bits per heavy atom. The second-order valence-corrected chi connectivity index (χ2v) is 6.13. The molecule has 0 amide bonds. The molecular weight excluding hydrogens is 231 g/mol. The zero-order valence-corrected chi connectivity index (χ0v) is 9.57. The van der Waals surface area contributed by atoms with Crippen LogP contribution in [-0.4, -0.2) is 26.5 Å². The molecule has 0 fully saturated rings. The van der Waals surface area contributed by atoms with Crippen LogP contribution in [0.3, 0.4) is 0 Å². The van der Waals surface area contributed by atoms with Crippen molar-refractivity contribution >= 4 is 31.3 Å². The molecule has 0 saturated carbocycles. The summed E-state index contributed by atoms with van der Waals surface area (Å²) in [7, 11) is -4.37. The first-order valence-electron chi connectivity index (χ1n) is 3.65. The average molecular weight is 242 g/mol. The Hall–Kier alpha value is 0.390. The minimum absolute atomic E-state index is 0.368. The van der Waals surface area contributed by atoms with Gasteiger partial charge in [0.1, 0.15) is 5.76 Å². The Balaban J connectivity index is 2.54. The van der Waals surface area contributed by atoms with E-state index in [9.17, 15) is 4.57 Å². The number of hydrogen-bond donors (Lipinski definition) is 2. The van der Waals surface area contributed by atoms with Gasteiger partial charge in [-0.3, -0.25) is 9.79 Å². The van der Waals surface area contributed by atoms with E-state index in [4.69, 9.17) is 9.79 Å². The van der Waals surface area contributed by atoms with Crippen molar-refractivity contribution in [3.05, 3.63) is 11.2 Å². The van der Waals surface area contributed by atoms with Gasteiger partial charge in [-0.2, -0.15) is 11.8 Å². The van der Waals surface area contributed by atoms with E-state index in [1.807, 2.05) is 0 Å². The Morgan fingerprint density at radius 1 is 1.69 bits per heavy atom. The summed E-state index contributed by atoms with van der Waals surface area (Å²) < 4.78 is 15.0. The van der Waals surface area contributed by atoms with Crippen molar-refractivity contribution in [2.24, 2.45) is 0 Å². The molecule has 76 valence electrons. The van der Waals surface area contributed by atoms with Crippen LogP contribution in [0.15, 0.2) is 11.2 Å². The largest absolute Gasteiger partial charge is 0.524 e. The van der Waals surface area contributed by atoms with E-state index in [1.54, 1.807) is 17.2 Å². The highest BCUT2D eigenvalue weighted by Gasteiger charge is 2.19. The van der Waals surface area contributed by atoms with Crippen molar-refractivity contribution in [3.8, 4) is 0 Å². The van der Waals surface area contributed by atoms with Gasteiger partial charge in [-0.1, -0.05) is 6.92 Å². The molecule has 1 rings (SSSR count). The Morgan fingerprint density at radius 3 is 3.00 bits per heavy atom. The molecule has 1 heterocycles. The summed E-state index contributed by atoms with van der Waals surface area (Å²) in [5.74, 6) is 1.87. The third-order valence-corrected chi connectivity index (χ3v) is 4.20. The number of rotatable bonds is 2. The molecular formula is C6H11O4PS2. The van der Waals surface area contributed by atoms with Crippen molar-refractivity contribution in [1.29, 1.82) is 0 Å². The van der Waals surface area contributed by atoms with Gasteiger partial charge in [-0.05, 0) is 0 Å². The van der Waals surface area contributed by atoms with Crippen LogP contribution in [0.25, 0.3) is 0 Å². The molecule has 0 aromatic heterocycles. The maximum absolute atomic E-state index is 10.5. The molecule has 0 aromatic carbocycles. The molecule has 1 atom stereocenters. The summed E-state index contributed by atoms with van der Waals surface area (Å²) >= 11 is 3.15. The first-order valence-corrected chi connectivity index (χ1v) is 7.27. The second kappa shape index (κ2) is 4.75. The van der Waals surface area contributed by atoms with E-state index >= 15 is 0 Å². The van der Waals surface area contributed by atoms with Crippen LogP contribution in [0.1, 0.15) is 6.92 Å². The monoisotopic (exact) mass is 242 g/mol. The lowest BCUT2D eigenvalue weighted by Gasteiger charge is -2.07. The van der Waals surface area contributed by atoms with Gasteiger partial charge in [-0.25, -0.2) is 4.57 Å². The van der Waals surface area contributed by atoms with Gasteiger partial charge in [0.05, 0.1) is 5.75 Å². The summed E-state index contributed by atoms with van der Waals surface area (Å²) in [5.41, 5.74) is 0. The van der Waals surface area contributed by atoms with Gasteiger partial charge in [0.2, 0.25) is 0 Å². The summed E-state index contributed by atoms with van der Waals surface area (Å²) in [5, 5.41) is 2.15. The minimum atomic E-state index is -4.37. The van der Waals surface area contributed by atoms with Gasteiger partial charge in [0, 0.05) is 16.4 Å². The van der Waals surface area contributed by atoms with E-state index in [0.717, 1.165) is 5.75 Å². The fourth-order valence-electron chi connectivity index (χ4n) is 0.791. The van der Waals surface area contributed by atoms with Crippen molar-refractivity contribution in [2.45, 2.75) is 12.2 Å². The topological polar surface area (TPSA) is 66.8 Å². The smallest absolute Gasteiger partial charge is 0.407 e. The molecule has 0 saturated heterocycles. The highest BCUT2D eigenvalue weighted by molar-refractivity contribution is 8.05. The normalized spacial score (nSPS) is 24.8. The second-order valence-electron chi connectivity index (χ2n) is 2.63. The van der Waals surface area contributed by atoms with Crippen LogP contribution in [-0.2, 0) is 9.09 Å². The third kappa shape index (κ3) is 4.98. The zero-order chi connectivity index (χ0) is 9.90. The third-order valence-electron chi connectivity index (χ3n) is 1.26. The molecule has 13 heavy (non-hydrogen) atoms. The lowest BCUT2D eigenvalue weighted by Crippen LogP contribution is -1.96. The molecule has 1 aliphatic heterocycles. The first kappa shape index (κ1) is 11.5. The van der Waals surface area contributed by atoms with Crippen molar-refractivity contribution in [3.63, 3.8) is 0 Å². The van der Waals surface area contributed by atoms with Crippen LogP contribution in [0, 0.1) is 0 Å². The van der Waals surface area contributed by atoms with E-state index in [1.165, 1.54) is 11.8 Å². The van der Waals surface area contributed by atoms with Crippen LogP contribution >= 0.6 is 31.3 Å². The highest BCUT2D eigenvalue weighted by atomic mass is 32.2. The maximum Gasteiger partial charge on any atom is 0.524 e. The lowest BCUT2D eigenvalue weighted by molar-refractivity contribution is 0.244. The van der Waals surface area contributed by atoms with Crippen molar-refractivity contribution in [2.75, 3.05) is 11.5 Å². The highest BCUT2D eigenvalue weighted by Crippen LogP contribution is 2.41. The van der Waals surface area contributed by atoms with E-state index in [-0.39, 0.29) is 0 Å². The number of hydrogen-bond acceptors (Lipinski definition) is 4. The molecule has 0 radical (unpaired) electrons. The first-order chi connectivity index (χ1) is 5.97. The lowest BCUT2D eigenvalue weighted by atomic mass is 10.6. The molecule has 0 aliphatic carbocycles. The van der Waals surface area contributed by atoms with Crippen LogP contribution in [0.4, 0.5) is 0 Å². The van der Waals surface area contributed by atoms with E-state index in [0.29, 0.717) is 16.8 Å². The average Bonchev–Trinajstić information content (AvgIpc) is 2.12. The summed E-state index contributed by atoms with van der Waals surface area (Å²) in [4.78, 5) is 17.1. The predicted molar refractivity (Wildman–Crippen MR) is 55.6 cm³/mol. The number of phosphoric ester groups is 1.